The Bertz CT molecular complexity index is 447. The molecule has 0 N–H and O–H groups in total. The van der Waals surface area contributed by atoms with Crippen LogP contribution in [0.25, 0.3) is 0 Å². The second-order valence-electron chi connectivity index (χ2n) is 8.57. The Kier molecular flexibility index (Phi) is 20.7. The largest absolute Gasteiger partial charge is 0.303 e. The highest BCUT2D eigenvalue weighted by molar-refractivity contribution is 6.04. The Morgan fingerprint density at radius 3 is 1.62 bits per heavy atom. The van der Waals surface area contributed by atoms with E-state index in [2.05, 4.69) is 13.8 Å². The highest BCUT2D eigenvalue weighted by Crippen LogP contribution is 2.21. The number of ketones is 1. The Labute approximate surface area is 181 Å². The number of carbonyl (C=O) groups excluding carboxylic acids is 2. The van der Waals surface area contributed by atoms with Crippen molar-refractivity contribution in [2.24, 2.45) is 5.92 Å². The summed E-state index contributed by atoms with van der Waals surface area (Å²) in [5.41, 5.74) is 0.806. The van der Waals surface area contributed by atoms with Gasteiger partial charge in [-0.2, -0.15) is 0 Å². The van der Waals surface area contributed by atoms with E-state index in [4.69, 9.17) is 0 Å². The lowest BCUT2D eigenvalue weighted by Gasteiger charge is -2.13. The van der Waals surface area contributed by atoms with Gasteiger partial charge in [0, 0.05) is 6.42 Å². The second kappa shape index (κ2) is 21.5. The molecule has 0 rings (SSSR count). The summed E-state index contributed by atoms with van der Waals surface area (Å²) in [4.78, 5) is 22.8. The van der Waals surface area contributed by atoms with E-state index in [1.807, 2.05) is 13.0 Å². The molecular formula is C27H48O2. The first-order valence-corrected chi connectivity index (χ1v) is 12.5. The van der Waals surface area contributed by atoms with E-state index < -0.39 is 0 Å². The van der Waals surface area contributed by atoms with Crippen LogP contribution in [0.3, 0.4) is 0 Å². The van der Waals surface area contributed by atoms with E-state index in [1.165, 1.54) is 96.3 Å². The topological polar surface area (TPSA) is 34.1 Å². The molecule has 168 valence electrons. The van der Waals surface area contributed by atoms with Gasteiger partial charge in [0.1, 0.15) is 6.29 Å². The van der Waals surface area contributed by atoms with Crippen molar-refractivity contribution in [1.29, 1.82) is 0 Å². The molecule has 2 heteroatoms. The van der Waals surface area contributed by atoms with Crippen molar-refractivity contribution in [2.75, 3.05) is 0 Å². The molecule has 0 spiro atoms. The minimum absolute atomic E-state index is 0.0582. The molecule has 2 nitrogen and oxygen atoms in total. The van der Waals surface area contributed by atoms with Crippen molar-refractivity contribution in [3.8, 4) is 0 Å². The summed E-state index contributed by atoms with van der Waals surface area (Å²) in [6.45, 7) is 6.25. The zero-order chi connectivity index (χ0) is 21.6. The molecule has 1 atom stereocenters. The lowest BCUT2D eigenvalue weighted by molar-refractivity contribution is -0.111. The fourth-order valence-electron chi connectivity index (χ4n) is 3.94. The molecule has 0 aromatic carbocycles. The Morgan fingerprint density at radius 2 is 1.21 bits per heavy atom. The van der Waals surface area contributed by atoms with Gasteiger partial charge >= 0.3 is 0 Å². The number of carbonyl (C=O) groups is 2. The maximum Gasteiger partial charge on any atom is 0.181 e. The molecule has 0 heterocycles. The fraction of sp³-hybridized carbons (Fsp3) is 0.778. The minimum Gasteiger partial charge on any atom is -0.303 e. The first kappa shape index (κ1) is 27.8. The molecule has 0 aromatic rings. The number of rotatable bonds is 21. The lowest BCUT2D eigenvalue weighted by atomic mass is 9.90. The number of allylic oxidation sites excluding steroid dienone is 4. The Hall–Kier alpha value is -1.18. The molecule has 1 unspecified atom stereocenters. The van der Waals surface area contributed by atoms with Crippen LogP contribution in [0, 0.1) is 5.92 Å². The second-order valence-corrected chi connectivity index (χ2v) is 8.57. The molecule has 0 saturated heterocycles. The van der Waals surface area contributed by atoms with E-state index in [0.29, 0.717) is 6.42 Å². The van der Waals surface area contributed by atoms with Gasteiger partial charge in [0.15, 0.2) is 5.78 Å². The predicted molar refractivity (Wildman–Crippen MR) is 127 cm³/mol. The van der Waals surface area contributed by atoms with Gasteiger partial charge in [0.05, 0.1) is 0 Å². The van der Waals surface area contributed by atoms with Crippen molar-refractivity contribution < 1.29 is 9.59 Å². The Morgan fingerprint density at radius 1 is 0.759 bits per heavy atom. The van der Waals surface area contributed by atoms with E-state index in [0.717, 1.165) is 18.3 Å². The fourth-order valence-corrected chi connectivity index (χ4v) is 3.94. The lowest BCUT2D eigenvalue weighted by Crippen LogP contribution is -2.09. The van der Waals surface area contributed by atoms with Gasteiger partial charge in [0.25, 0.3) is 0 Å². The molecule has 0 fully saturated rings. The molecule has 0 bridgehead atoms. The van der Waals surface area contributed by atoms with Crippen LogP contribution >= 0.6 is 0 Å². The summed E-state index contributed by atoms with van der Waals surface area (Å²) in [5, 5.41) is 0. The van der Waals surface area contributed by atoms with Crippen molar-refractivity contribution in [3.05, 3.63) is 23.8 Å². The molecule has 0 saturated carbocycles. The summed E-state index contributed by atoms with van der Waals surface area (Å²) in [7, 11) is 0. The van der Waals surface area contributed by atoms with Crippen LogP contribution < -0.4 is 0 Å². The van der Waals surface area contributed by atoms with Crippen LogP contribution in [0.1, 0.15) is 130 Å². The third-order valence-electron chi connectivity index (χ3n) is 5.81. The molecule has 0 radical (unpaired) electrons. The molecule has 0 aliphatic heterocycles. The molecule has 0 amide bonds. The average Bonchev–Trinajstić information content (AvgIpc) is 2.71. The van der Waals surface area contributed by atoms with Crippen LogP contribution in [-0.4, -0.2) is 12.1 Å². The normalized spacial score (nSPS) is 13.1. The maximum absolute atomic E-state index is 12.2. The zero-order valence-electron chi connectivity index (χ0n) is 19.7. The van der Waals surface area contributed by atoms with E-state index in [-0.39, 0.29) is 11.7 Å². The average molecular weight is 405 g/mol. The first-order chi connectivity index (χ1) is 14.2. The van der Waals surface area contributed by atoms with Crippen molar-refractivity contribution >= 4 is 12.1 Å². The predicted octanol–water partition coefficient (Wildman–Crippen LogP) is 8.54. The third kappa shape index (κ3) is 17.4. The summed E-state index contributed by atoms with van der Waals surface area (Å²) in [5.74, 6) is 0.295. The van der Waals surface area contributed by atoms with Gasteiger partial charge in [-0.1, -0.05) is 122 Å². The SMILES string of the molecule is CC=CC(=O)C(=CCC=O)C(C)CCCCCCCCCCCCCCCCC. The maximum atomic E-state index is 12.2. The minimum atomic E-state index is 0.0582. The van der Waals surface area contributed by atoms with Crippen LogP contribution in [0.4, 0.5) is 0 Å². The third-order valence-corrected chi connectivity index (χ3v) is 5.81. The van der Waals surface area contributed by atoms with Crippen LogP contribution in [0.15, 0.2) is 23.8 Å². The molecule has 0 aliphatic rings. The number of hydrogen-bond acceptors (Lipinski definition) is 2. The number of aldehydes is 1. The van der Waals surface area contributed by atoms with E-state index in [1.54, 1.807) is 12.2 Å². The first-order valence-electron chi connectivity index (χ1n) is 12.5. The van der Waals surface area contributed by atoms with Gasteiger partial charge in [-0.15, -0.1) is 0 Å². The van der Waals surface area contributed by atoms with Gasteiger partial charge in [0.2, 0.25) is 0 Å². The summed E-state index contributed by atoms with van der Waals surface area (Å²) in [6, 6.07) is 0. The summed E-state index contributed by atoms with van der Waals surface area (Å²) in [6.07, 6.45) is 28.0. The molecular weight excluding hydrogens is 356 g/mol. The van der Waals surface area contributed by atoms with E-state index >= 15 is 0 Å². The van der Waals surface area contributed by atoms with Crippen LogP contribution in [0.2, 0.25) is 0 Å². The summed E-state index contributed by atoms with van der Waals surface area (Å²) < 4.78 is 0. The molecule has 29 heavy (non-hydrogen) atoms. The highest BCUT2D eigenvalue weighted by atomic mass is 16.1. The quantitative estimate of drug-likeness (QED) is 0.109. The highest BCUT2D eigenvalue weighted by Gasteiger charge is 2.14. The van der Waals surface area contributed by atoms with Gasteiger partial charge < -0.3 is 4.79 Å². The zero-order valence-corrected chi connectivity index (χ0v) is 19.7. The Balaban J connectivity index is 3.63. The van der Waals surface area contributed by atoms with Gasteiger partial charge in [-0.05, 0) is 30.9 Å². The molecule has 0 aromatic heterocycles. The van der Waals surface area contributed by atoms with Gasteiger partial charge in [-0.3, -0.25) is 4.79 Å². The smallest absolute Gasteiger partial charge is 0.181 e. The van der Waals surface area contributed by atoms with E-state index in [9.17, 15) is 9.59 Å². The number of hydrogen-bond donors (Lipinski definition) is 0. The standard InChI is InChI=1S/C27H48O2/c1-4-6-7-8-9-10-11-12-13-14-15-16-17-18-19-22-25(3)26(23-20-24-28)27(29)21-5-2/h5,21,23-25H,4,6-20,22H2,1-3H3. The van der Waals surface area contributed by atoms with Gasteiger partial charge in [-0.25, -0.2) is 0 Å². The van der Waals surface area contributed by atoms with Crippen molar-refractivity contribution in [2.45, 2.75) is 130 Å². The molecule has 0 aliphatic carbocycles. The van der Waals surface area contributed by atoms with Crippen LogP contribution in [0.5, 0.6) is 0 Å². The monoisotopic (exact) mass is 404 g/mol. The van der Waals surface area contributed by atoms with Crippen LogP contribution in [-0.2, 0) is 9.59 Å². The van der Waals surface area contributed by atoms with Crippen molar-refractivity contribution in [1.82, 2.24) is 0 Å². The summed E-state index contributed by atoms with van der Waals surface area (Å²) >= 11 is 0. The van der Waals surface area contributed by atoms with Crippen molar-refractivity contribution in [3.63, 3.8) is 0 Å². The number of unbranched alkanes of at least 4 members (excludes halogenated alkanes) is 14.